The highest BCUT2D eigenvalue weighted by Gasteiger charge is 2.30. The number of carbonyl (C=O) groups is 1. The van der Waals surface area contributed by atoms with Gasteiger partial charge >= 0.3 is 6.18 Å². The van der Waals surface area contributed by atoms with E-state index in [-0.39, 0.29) is 18.1 Å². The molecule has 0 saturated heterocycles. The topological polar surface area (TPSA) is 50.4 Å². The number of nitrogens with one attached hydrogen (secondary N) is 2. The van der Waals surface area contributed by atoms with Crippen molar-refractivity contribution in [1.29, 1.82) is 0 Å². The molecule has 0 radical (unpaired) electrons. The quantitative estimate of drug-likeness (QED) is 0.741. The van der Waals surface area contributed by atoms with Gasteiger partial charge in [0.15, 0.2) is 0 Å². The summed E-state index contributed by atoms with van der Waals surface area (Å²) < 4.78 is 43.6. The molecule has 2 N–H and O–H groups in total. The van der Waals surface area contributed by atoms with Gasteiger partial charge in [-0.05, 0) is 36.2 Å². The van der Waals surface area contributed by atoms with Gasteiger partial charge in [0.05, 0.1) is 18.7 Å². The van der Waals surface area contributed by atoms with Gasteiger partial charge in [-0.1, -0.05) is 26.0 Å². The van der Waals surface area contributed by atoms with Crippen LogP contribution in [-0.2, 0) is 11.0 Å². The molecule has 0 aliphatic heterocycles. The number of hydrogen-bond donors (Lipinski definition) is 2. The molecular formula is C19H21F3N2O2. The van der Waals surface area contributed by atoms with E-state index in [1.165, 1.54) is 12.1 Å². The van der Waals surface area contributed by atoms with E-state index >= 15 is 0 Å². The Morgan fingerprint density at radius 1 is 1.08 bits per heavy atom. The number of rotatable bonds is 7. The lowest BCUT2D eigenvalue weighted by molar-refractivity contribution is -0.137. The van der Waals surface area contributed by atoms with Crippen LogP contribution in [0.1, 0.15) is 19.4 Å². The van der Waals surface area contributed by atoms with Crippen LogP contribution in [0.5, 0.6) is 5.75 Å². The highest BCUT2D eigenvalue weighted by atomic mass is 19.4. The predicted molar refractivity (Wildman–Crippen MR) is 95.3 cm³/mol. The van der Waals surface area contributed by atoms with Crippen LogP contribution < -0.4 is 15.4 Å². The molecule has 2 aromatic carbocycles. The molecule has 0 heterocycles. The molecule has 0 spiro atoms. The number of ether oxygens (including phenoxy) is 1. The molecule has 26 heavy (non-hydrogen) atoms. The Bertz CT molecular complexity index is 746. The SMILES string of the molecule is CC(C)COc1cccc(NC(=O)CNc2cccc(C(F)(F)F)c2)c1. The Labute approximate surface area is 150 Å². The third-order valence-electron chi connectivity index (χ3n) is 3.34. The molecule has 0 fully saturated rings. The number of halogens is 3. The zero-order valence-corrected chi connectivity index (χ0v) is 14.6. The van der Waals surface area contributed by atoms with Crippen molar-refractivity contribution in [3.8, 4) is 5.75 Å². The number of hydrogen-bond acceptors (Lipinski definition) is 3. The van der Waals surface area contributed by atoms with Crippen LogP contribution in [-0.4, -0.2) is 19.1 Å². The molecule has 4 nitrogen and oxygen atoms in total. The largest absolute Gasteiger partial charge is 0.493 e. The first kappa shape index (κ1) is 19.6. The van der Waals surface area contributed by atoms with Gasteiger partial charge in [-0.2, -0.15) is 13.2 Å². The third kappa shape index (κ3) is 6.31. The van der Waals surface area contributed by atoms with E-state index in [2.05, 4.69) is 10.6 Å². The number of anilines is 2. The van der Waals surface area contributed by atoms with Gasteiger partial charge in [0, 0.05) is 17.4 Å². The summed E-state index contributed by atoms with van der Waals surface area (Å²) in [6.45, 7) is 4.48. The second-order valence-corrected chi connectivity index (χ2v) is 6.21. The van der Waals surface area contributed by atoms with Crippen molar-refractivity contribution < 1.29 is 22.7 Å². The Hall–Kier alpha value is -2.70. The fraction of sp³-hybridized carbons (Fsp3) is 0.316. The zero-order chi connectivity index (χ0) is 19.2. The van der Waals surface area contributed by atoms with Crippen molar-refractivity contribution in [2.24, 2.45) is 5.92 Å². The minimum atomic E-state index is -4.42. The van der Waals surface area contributed by atoms with Gasteiger partial charge in [-0.3, -0.25) is 4.79 Å². The van der Waals surface area contributed by atoms with Crippen LogP contribution in [0.2, 0.25) is 0 Å². The summed E-state index contributed by atoms with van der Waals surface area (Å²) in [4.78, 5) is 12.0. The van der Waals surface area contributed by atoms with Gasteiger partial charge in [-0.15, -0.1) is 0 Å². The first-order chi connectivity index (χ1) is 12.2. The van der Waals surface area contributed by atoms with Gasteiger partial charge in [0.2, 0.25) is 5.91 Å². The number of alkyl halides is 3. The minimum absolute atomic E-state index is 0.154. The number of amides is 1. The molecule has 0 aliphatic carbocycles. The van der Waals surface area contributed by atoms with E-state index in [0.29, 0.717) is 24.0 Å². The van der Waals surface area contributed by atoms with Crippen molar-refractivity contribution in [3.63, 3.8) is 0 Å². The highest BCUT2D eigenvalue weighted by Crippen LogP contribution is 2.30. The lowest BCUT2D eigenvalue weighted by Crippen LogP contribution is -2.22. The van der Waals surface area contributed by atoms with Crippen LogP contribution in [0.25, 0.3) is 0 Å². The smallest absolute Gasteiger partial charge is 0.416 e. The van der Waals surface area contributed by atoms with Crippen LogP contribution in [0.4, 0.5) is 24.5 Å². The van der Waals surface area contributed by atoms with Gasteiger partial charge in [0.25, 0.3) is 0 Å². The summed E-state index contributed by atoms with van der Waals surface area (Å²) in [6, 6.07) is 11.7. The van der Waals surface area contributed by atoms with E-state index in [9.17, 15) is 18.0 Å². The van der Waals surface area contributed by atoms with Crippen molar-refractivity contribution >= 4 is 17.3 Å². The maximum absolute atomic E-state index is 12.7. The van der Waals surface area contributed by atoms with Crippen LogP contribution in [0, 0.1) is 5.92 Å². The monoisotopic (exact) mass is 366 g/mol. The fourth-order valence-electron chi connectivity index (χ4n) is 2.12. The fourth-order valence-corrected chi connectivity index (χ4v) is 2.12. The first-order valence-corrected chi connectivity index (χ1v) is 8.18. The summed E-state index contributed by atoms with van der Waals surface area (Å²) >= 11 is 0. The molecule has 7 heteroatoms. The molecule has 2 aromatic rings. The van der Waals surface area contributed by atoms with Crippen molar-refractivity contribution in [3.05, 3.63) is 54.1 Å². The number of carbonyl (C=O) groups excluding carboxylic acids is 1. The Morgan fingerprint density at radius 3 is 2.46 bits per heavy atom. The lowest BCUT2D eigenvalue weighted by Gasteiger charge is -2.12. The van der Waals surface area contributed by atoms with Gasteiger partial charge < -0.3 is 15.4 Å². The molecule has 0 aliphatic rings. The van der Waals surface area contributed by atoms with Crippen LogP contribution in [0.3, 0.4) is 0 Å². The molecule has 0 atom stereocenters. The Kier molecular flexibility index (Phi) is 6.49. The molecule has 140 valence electrons. The highest BCUT2D eigenvalue weighted by molar-refractivity contribution is 5.93. The maximum atomic E-state index is 12.7. The standard InChI is InChI=1S/C19H21F3N2O2/c1-13(2)12-26-17-8-4-7-16(10-17)24-18(25)11-23-15-6-3-5-14(9-15)19(20,21)22/h3-10,13,23H,11-12H2,1-2H3,(H,24,25). The molecule has 0 saturated carbocycles. The number of benzene rings is 2. The molecule has 1 amide bonds. The first-order valence-electron chi connectivity index (χ1n) is 8.18. The minimum Gasteiger partial charge on any atom is -0.493 e. The molecule has 0 aromatic heterocycles. The Morgan fingerprint density at radius 2 is 1.77 bits per heavy atom. The van der Waals surface area contributed by atoms with Crippen molar-refractivity contribution in [1.82, 2.24) is 0 Å². The molecular weight excluding hydrogens is 345 g/mol. The Balaban J connectivity index is 1.90. The summed E-state index contributed by atoms with van der Waals surface area (Å²) in [5, 5.41) is 5.37. The average Bonchev–Trinajstić information content (AvgIpc) is 2.58. The van der Waals surface area contributed by atoms with E-state index < -0.39 is 11.7 Å². The zero-order valence-electron chi connectivity index (χ0n) is 14.6. The third-order valence-corrected chi connectivity index (χ3v) is 3.34. The lowest BCUT2D eigenvalue weighted by atomic mass is 10.2. The van der Waals surface area contributed by atoms with E-state index in [0.717, 1.165) is 12.1 Å². The molecule has 0 bridgehead atoms. The van der Waals surface area contributed by atoms with Crippen molar-refractivity contribution in [2.75, 3.05) is 23.8 Å². The summed E-state index contributed by atoms with van der Waals surface area (Å²) in [5.74, 6) is 0.649. The second kappa shape index (κ2) is 8.60. The van der Waals surface area contributed by atoms with Crippen LogP contribution >= 0.6 is 0 Å². The van der Waals surface area contributed by atoms with E-state index in [1.54, 1.807) is 24.3 Å². The molecule has 2 rings (SSSR count). The van der Waals surface area contributed by atoms with E-state index in [1.807, 2.05) is 13.8 Å². The van der Waals surface area contributed by atoms with Gasteiger partial charge in [0.1, 0.15) is 5.75 Å². The second-order valence-electron chi connectivity index (χ2n) is 6.21. The van der Waals surface area contributed by atoms with Gasteiger partial charge in [-0.25, -0.2) is 0 Å². The summed E-state index contributed by atoms with van der Waals surface area (Å²) in [7, 11) is 0. The molecule has 0 unspecified atom stereocenters. The maximum Gasteiger partial charge on any atom is 0.416 e. The van der Waals surface area contributed by atoms with E-state index in [4.69, 9.17) is 4.74 Å². The van der Waals surface area contributed by atoms with Crippen LogP contribution in [0.15, 0.2) is 48.5 Å². The summed E-state index contributed by atoms with van der Waals surface area (Å²) in [6.07, 6.45) is -4.42. The average molecular weight is 366 g/mol. The summed E-state index contributed by atoms with van der Waals surface area (Å²) in [5.41, 5.74) is 0.0176. The predicted octanol–water partition coefficient (Wildman–Crippen LogP) is 4.79. The normalized spacial score (nSPS) is 11.3. The van der Waals surface area contributed by atoms with Crippen molar-refractivity contribution in [2.45, 2.75) is 20.0 Å².